The molecule has 0 bridgehead atoms. The van der Waals surface area contributed by atoms with Crippen LogP contribution < -0.4 is 10.9 Å². The van der Waals surface area contributed by atoms with Gasteiger partial charge in [0.1, 0.15) is 5.02 Å². The van der Waals surface area contributed by atoms with Gasteiger partial charge >= 0.3 is 0 Å². The van der Waals surface area contributed by atoms with E-state index in [1.54, 1.807) is 6.07 Å². The van der Waals surface area contributed by atoms with Crippen LogP contribution in [0.1, 0.15) is 49.8 Å². The number of halogens is 1. The molecule has 146 valence electrons. The number of nitrogens with one attached hydrogen (secondary N) is 2. The van der Waals surface area contributed by atoms with Gasteiger partial charge in [0, 0.05) is 33.9 Å². The monoisotopic (exact) mass is 414 g/mol. The number of aromatic nitrogens is 1. The average Bonchev–Trinajstić information content (AvgIpc) is 3.35. The number of pyridine rings is 1. The summed E-state index contributed by atoms with van der Waals surface area (Å²) < 4.78 is 0. The fourth-order valence-corrected chi connectivity index (χ4v) is 5.19. The van der Waals surface area contributed by atoms with Crippen LogP contribution in [-0.4, -0.2) is 22.2 Å². The predicted molar refractivity (Wildman–Crippen MR) is 115 cm³/mol. The van der Waals surface area contributed by atoms with Crippen LogP contribution in [0.5, 0.6) is 0 Å². The van der Waals surface area contributed by atoms with E-state index in [1.165, 1.54) is 30.6 Å². The van der Waals surface area contributed by atoms with Gasteiger partial charge in [-0.2, -0.15) is 0 Å². The van der Waals surface area contributed by atoms with Crippen molar-refractivity contribution in [2.24, 2.45) is 0 Å². The number of rotatable bonds is 5. The molecule has 2 aliphatic rings. The topological polar surface area (TPSA) is 62.0 Å². The number of hydrogen-bond acceptors (Lipinski definition) is 3. The summed E-state index contributed by atoms with van der Waals surface area (Å²) in [5, 5.41) is 3.86. The maximum atomic E-state index is 12.0. The van der Waals surface area contributed by atoms with Crippen LogP contribution in [0.15, 0.2) is 52.2 Å². The van der Waals surface area contributed by atoms with Gasteiger partial charge in [-0.1, -0.05) is 42.7 Å². The molecule has 1 atom stereocenters. The van der Waals surface area contributed by atoms with Gasteiger partial charge in [0.15, 0.2) is 0 Å². The van der Waals surface area contributed by atoms with Crippen LogP contribution >= 0.6 is 23.4 Å². The first kappa shape index (κ1) is 19.3. The highest BCUT2D eigenvalue weighted by atomic mass is 35.5. The quantitative estimate of drug-likeness (QED) is 0.740. The zero-order valence-electron chi connectivity index (χ0n) is 15.5. The largest absolute Gasteiger partial charge is 0.350 e. The molecule has 0 unspecified atom stereocenters. The van der Waals surface area contributed by atoms with Crippen LogP contribution in [-0.2, 0) is 4.79 Å². The number of benzene rings is 1. The van der Waals surface area contributed by atoms with E-state index < -0.39 is 0 Å². The second-order valence-electron chi connectivity index (χ2n) is 7.39. The Labute approximate surface area is 173 Å². The van der Waals surface area contributed by atoms with E-state index in [4.69, 9.17) is 11.6 Å². The van der Waals surface area contributed by atoms with Crippen molar-refractivity contribution in [3.8, 4) is 0 Å². The number of hydrogen-bond donors (Lipinski definition) is 2. The van der Waals surface area contributed by atoms with Crippen LogP contribution in [0.3, 0.4) is 0 Å². The van der Waals surface area contributed by atoms with Crippen LogP contribution in [0.25, 0.3) is 5.57 Å². The van der Waals surface area contributed by atoms with Crippen molar-refractivity contribution < 1.29 is 4.79 Å². The molecule has 2 fully saturated rings. The fraction of sp³-hybridized carbons (Fsp3) is 0.364. The van der Waals surface area contributed by atoms with E-state index in [0.29, 0.717) is 12.1 Å². The van der Waals surface area contributed by atoms with Gasteiger partial charge in [-0.05, 0) is 49.1 Å². The van der Waals surface area contributed by atoms with Crippen molar-refractivity contribution in [1.82, 2.24) is 10.3 Å². The van der Waals surface area contributed by atoms with Crippen LogP contribution in [0, 0.1) is 0 Å². The zero-order chi connectivity index (χ0) is 19.5. The minimum absolute atomic E-state index is 0.0331. The van der Waals surface area contributed by atoms with Gasteiger partial charge in [-0.3, -0.25) is 9.59 Å². The van der Waals surface area contributed by atoms with Gasteiger partial charge < -0.3 is 10.3 Å². The molecule has 6 heteroatoms. The molecule has 1 aromatic carbocycles. The molecule has 0 radical (unpaired) electrons. The average molecular weight is 415 g/mol. The Bertz CT molecular complexity index is 946. The number of H-pyrrole nitrogens is 1. The first-order valence-electron chi connectivity index (χ1n) is 9.76. The van der Waals surface area contributed by atoms with Crippen LogP contribution in [0.4, 0.5) is 0 Å². The summed E-state index contributed by atoms with van der Waals surface area (Å²) in [5.41, 5.74) is 2.30. The Morgan fingerprint density at radius 3 is 2.43 bits per heavy atom. The highest BCUT2D eigenvalue weighted by molar-refractivity contribution is 8.00. The molecule has 1 saturated carbocycles. The molecular weight excluding hydrogens is 392 g/mol. The van der Waals surface area contributed by atoms with E-state index in [2.05, 4.69) is 34.6 Å². The maximum Gasteiger partial charge on any atom is 0.267 e. The molecule has 1 aliphatic carbocycles. The number of amides is 1. The molecule has 4 nitrogen and oxygen atoms in total. The van der Waals surface area contributed by atoms with Crippen molar-refractivity contribution >= 4 is 34.8 Å². The van der Waals surface area contributed by atoms with Gasteiger partial charge in [-0.15, -0.1) is 11.8 Å². The molecule has 28 heavy (non-hydrogen) atoms. The summed E-state index contributed by atoms with van der Waals surface area (Å²) in [5.74, 6) is 0.0634. The Kier molecular flexibility index (Phi) is 5.93. The van der Waals surface area contributed by atoms with Crippen molar-refractivity contribution in [1.29, 1.82) is 0 Å². The fourth-order valence-electron chi connectivity index (χ4n) is 3.83. The molecule has 1 amide bonds. The van der Waals surface area contributed by atoms with E-state index in [1.807, 2.05) is 23.9 Å². The highest BCUT2D eigenvalue weighted by Gasteiger charge is 2.21. The van der Waals surface area contributed by atoms with Crippen molar-refractivity contribution in [2.45, 2.75) is 54.7 Å². The lowest BCUT2D eigenvalue weighted by atomic mass is 9.99. The third-order valence-electron chi connectivity index (χ3n) is 5.32. The number of carbonyl (C=O) groups excluding carboxylic acids is 1. The maximum absolute atomic E-state index is 12.0. The lowest BCUT2D eigenvalue weighted by Crippen LogP contribution is -2.23. The summed E-state index contributed by atoms with van der Waals surface area (Å²) in [6.45, 7) is 0. The minimum Gasteiger partial charge on any atom is -0.350 e. The van der Waals surface area contributed by atoms with E-state index in [-0.39, 0.29) is 22.5 Å². The summed E-state index contributed by atoms with van der Waals surface area (Å²) in [4.78, 5) is 27.8. The smallest absolute Gasteiger partial charge is 0.267 e. The highest BCUT2D eigenvalue weighted by Crippen LogP contribution is 2.35. The van der Waals surface area contributed by atoms with Crippen molar-refractivity contribution in [3.63, 3.8) is 0 Å². The number of thioether (sulfide) groups is 1. The van der Waals surface area contributed by atoms with Gasteiger partial charge in [0.2, 0.25) is 5.91 Å². The Morgan fingerprint density at radius 1 is 1.04 bits per heavy atom. The third-order valence-corrected chi connectivity index (χ3v) is 6.97. The molecule has 2 N–H and O–H groups in total. The van der Waals surface area contributed by atoms with Gasteiger partial charge in [0.25, 0.3) is 5.56 Å². The molecule has 1 aromatic heterocycles. The molecule has 4 rings (SSSR count). The first-order valence-corrected chi connectivity index (χ1v) is 11.0. The number of aromatic amines is 1. The second-order valence-corrected chi connectivity index (χ2v) is 9.17. The molecular formula is C22H23ClN2O2S. The summed E-state index contributed by atoms with van der Waals surface area (Å²) in [7, 11) is 0. The van der Waals surface area contributed by atoms with Gasteiger partial charge in [-0.25, -0.2) is 0 Å². The van der Waals surface area contributed by atoms with Crippen molar-refractivity contribution in [2.75, 3.05) is 0 Å². The van der Waals surface area contributed by atoms with Crippen molar-refractivity contribution in [3.05, 3.63) is 69.1 Å². The normalized spacial score (nSPS) is 20.5. The van der Waals surface area contributed by atoms with E-state index in [9.17, 15) is 9.59 Å². The first-order chi connectivity index (χ1) is 13.6. The lowest BCUT2D eigenvalue weighted by Gasteiger charge is -2.14. The summed E-state index contributed by atoms with van der Waals surface area (Å²) in [6, 6.07) is 11.9. The lowest BCUT2D eigenvalue weighted by molar-refractivity contribution is -0.119. The van der Waals surface area contributed by atoms with E-state index >= 15 is 0 Å². The number of carbonyl (C=O) groups is 1. The second kappa shape index (κ2) is 8.58. The standard InChI is InChI=1S/C22H23ClN2O2S/c23-19-10-11-20(25-22(19)27)18(13-15-7-12-21(26)24-15)14-5-8-17(9-6-14)28-16-3-1-2-4-16/h5-6,8-11,13,15-16H,1-4,7,12H2,(H,24,26)(H,25,27)/b18-13-/t15-/m1/s1. The Morgan fingerprint density at radius 2 is 1.79 bits per heavy atom. The summed E-state index contributed by atoms with van der Waals surface area (Å²) in [6.07, 6.45) is 8.58. The third kappa shape index (κ3) is 4.53. The predicted octanol–water partition coefficient (Wildman–Crippen LogP) is 4.77. The summed E-state index contributed by atoms with van der Waals surface area (Å²) >= 11 is 7.85. The molecule has 2 aromatic rings. The minimum atomic E-state index is -0.311. The Hall–Kier alpha value is -1.98. The Balaban J connectivity index is 1.64. The van der Waals surface area contributed by atoms with Gasteiger partial charge in [0.05, 0.1) is 0 Å². The van der Waals surface area contributed by atoms with E-state index in [0.717, 1.165) is 22.8 Å². The zero-order valence-corrected chi connectivity index (χ0v) is 17.1. The van der Waals surface area contributed by atoms with Crippen LogP contribution in [0.2, 0.25) is 5.02 Å². The molecule has 0 spiro atoms. The molecule has 1 saturated heterocycles. The molecule has 1 aliphatic heterocycles. The SMILES string of the molecule is O=C1CC[C@H](/C=C(/c2ccc(SC3CCCC3)cc2)c2ccc(Cl)c(=O)[nH]2)N1. The molecule has 2 heterocycles.